The summed E-state index contributed by atoms with van der Waals surface area (Å²) in [5.74, 6) is 0.155. The summed E-state index contributed by atoms with van der Waals surface area (Å²) in [6.45, 7) is 6.85. The molecule has 0 saturated heterocycles. The van der Waals surface area contributed by atoms with E-state index in [9.17, 15) is 9.18 Å². The number of pyridine rings is 1. The Balaban J connectivity index is 1.43. The summed E-state index contributed by atoms with van der Waals surface area (Å²) >= 11 is 1.58. The van der Waals surface area contributed by atoms with Gasteiger partial charge in [0.1, 0.15) is 11.5 Å². The fourth-order valence-corrected chi connectivity index (χ4v) is 4.70. The predicted octanol–water partition coefficient (Wildman–Crippen LogP) is 4.26. The van der Waals surface area contributed by atoms with E-state index in [-0.39, 0.29) is 23.6 Å². The third-order valence-electron chi connectivity index (χ3n) is 5.22. The third kappa shape index (κ3) is 3.88. The van der Waals surface area contributed by atoms with Gasteiger partial charge in [0.05, 0.1) is 17.8 Å². The second kappa shape index (κ2) is 6.71. The zero-order valence-electron chi connectivity index (χ0n) is 15.8. The van der Waals surface area contributed by atoms with Gasteiger partial charge in [-0.25, -0.2) is 14.4 Å². The molecule has 0 saturated carbocycles. The van der Waals surface area contributed by atoms with E-state index in [1.165, 1.54) is 17.1 Å². The molecule has 0 aromatic carbocycles. The second-order valence-corrected chi connectivity index (χ2v) is 9.35. The smallest absolute Gasteiger partial charge is 0.232 e. The number of imidazole rings is 1. The van der Waals surface area contributed by atoms with Gasteiger partial charge in [0.25, 0.3) is 0 Å². The highest BCUT2D eigenvalue weighted by atomic mass is 32.1. The molecule has 3 aromatic rings. The molecule has 0 radical (unpaired) electrons. The summed E-state index contributed by atoms with van der Waals surface area (Å²) in [4.78, 5) is 22.7. The van der Waals surface area contributed by atoms with Crippen molar-refractivity contribution in [2.75, 3.05) is 5.32 Å². The number of thiazole rings is 1. The lowest BCUT2D eigenvalue weighted by Gasteiger charge is -2.33. The van der Waals surface area contributed by atoms with Gasteiger partial charge in [-0.05, 0) is 42.7 Å². The molecule has 0 spiro atoms. The second-order valence-electron chi connectivity index (χ2n) is 8.26. The van der Waals surface area contributed by atoms with Crippen LogP contribution >= 0.6 is 11.3 Å². The van der Waals surface area contributed by atoms with Crippen LogP contribution in [-0.4, -0.2) is 20.3 Å². The number of fused-ring (bicyclic) bond motifs is 2. The highest BCUT2D eigenvalue weighted by molar-refractivity contribution is 7.15. The van der Waals surface area contributed by atoms with Crippen LogP contribution in [0.4, 0.5) is 9.52 Å². The summed E-state index contributed by atoms with van der Waals surface area (Å²) < 4.78 is 14.9. The minimum Gasteiger partial charge on any atom is -0.304 e. The molecule has 5 nitrogen and oxygen atoms in total. The van der Waals surface area contributed by atoms with E-state index in [2.05, 4.69) is 36.1 Å². The number of halogens is 1. The Bertz CT molecular complexity index is 1000. The van der Waals surface area contributed by atoms with Crippen LogP contribution in [0.25, 0.3) is 5.65 Å². The summed E-state index contributed by atoms with van der Waals surface area (Å²) in [5, 5.41) is 3.56. The SMILES string of the molecule is CC(C)(C)C1CCc2nc(NC(=O)Cc3cn4cc(F)ccc4n3)sc2C1. The van der Waals surface area contributed by atoms with Crippen molar-refractivity contribution in [3.05, 3.63) is 46.6 Å². The van der Waals surface area contributed by atoms with Crippen LogP contribution in [0.1, 0.15) is 43.5 Å². The van der Waals surface area contributed by atoms with Crippen molar-refractivity contribution in [2.24, 2.45) is 11.3 Å². The van der Waals surface area contributed by atoms with Crippen molar-refractivity contribution in [3.8, 4) is 0 Å². The van der Waals surface area contributed by atoms with Gasteiger partial charge in [-0.15, -0.1) is 11.3 Å². The van der Waals surface area contributed by atoms with Crippen molar-refractivity contribution in [1.82, 2.24) is 14.4 Å². The molecule has 1 aliphatic carbocycles. The first kappa shape index (κ1) is 18.1. The van der Waals surface area contributed by atoms with Gasteiger partial charge in [0.15, 0.2) is 5.13 Å². The number of nitrogens with one attached hydrogen (secondary N) is 1. The minimum absolute atomic E-state index is 0.137. The molecule has 1 N–H and O–H groups in total. The molecule has 1 aliphatic rings. The quantitative estimate of drug-likeness (QED) is 0.732. The Morgan fingerprint density at radius 1 is 1.33 bits per heavy atom. The molecule has 0 fully saturated rings. The number of nitrogens with zero attached hydrogens (tertiary/aromatic N) is 3. The lowest BCUT2D eigenvalue weighted by Crippen LogP contribution is -2.26. The molecule has 142 valence electrons. The first-order valence-corrected chi connectivity index (χ1v) is 10.0. The highest BCUT2D eigenvalue weighted by Gasteiger charge is 2.30. The van der Waals surface area contributed by atoms with E-state index in [1.807, 2.05) is 0 Å². The third-order valence-corrected chi connectivity index (χ3v) is 6.25. The largest absolute Gasteiger partial charge is 0.304 e. The number of hydrogen-bond donors (Lipinski definition) is 1. The number of carbonyl (C=O) groups is 1. The maximum absolute atomic E-state index is 13.3. The summed E-state index contributed by atoms with van der Waals surface area (Å²) in [6.07, 6.45) is 6.32. The molecule has 3 aromatic heterocycles. The molecule has 27 heavy (non-hydrogen) atoms. The molecule has 1 unspecified atom stereocenters. The van der Waals surface area contributed by atoms with E-state index < -0.39 is 0 Å². The number of hydrogen-bond acceptors (Lipinski definition) is 4. The molecular formula is C20H23FN4OS. The van der Waals surface area contributed by atoms with Gasteiger partial charge in [0, 0.05) is 17.3 Å². The fourth-order valence-electron chi connectivity index (χ4n) is 3.60. The Morgan fingerprint density at radius 3 is 2.93 bits per heavy atom. The van der Waals surface area contributed by atoms with Crippen LogP contribution in [0.3, 0.4) is 0 Å². The number of anilines is 1. The van der Waals surface area contributed by atoms with E-state index in [4.69, 9.17) is 0 Å². The average Bonchev–Trinajstić information content (AvgIpc) is 3.14. The molecule has 1 amide bonds. The highest BCUT2D eigenvalue weighted by Crippen LogP contribution is 2.40. The van der Waals surface area contributed by atoms with Crippen molar-refractivity contribution in [1.29, 1.82) is 0 Å². The normalized spacial score (nSPS) is 17.1. The van der Waals surface area contributed by atoms with Gasteiger partial charge in [-0.1, -0.05) is 20.8 Å². The van der Waals surface area contributed by atoms with Gasteiger partial charge in [-0.3, -0.25) is 4.79 Å². The van der Waals surface area contributed by atoms with E-state index in [0.29, 0.717) is 22.4 Å². The van der Waals surface area contributed by atoms with Crippen LogP contribution < -0.4 is 5.32 Å². The topological polar surface area (TPSA) is 59.3 Å². The van der Waals surface area contributed by atoms with Crippen LogP contribution in [0.5, 0.6) is 0 Å². The maximum Gasteiger partial charge on any atom is 0.232 e. The first-order valence-electron chi connectivity index (χ1n) is 9.19. The number of aromatic nitrogens is 3. The first-order chi connectivity index (χ1) is 12.8. The van der Waals surface area contributed by atoms with Gasteiger partial charge in [-0.2, -0.15) is 0 Å². The zero-order valence-corrected chi connectivity index (χ0v) is 16.6. The summed E-state index contributed by atoms with van der Waals surface area (Å²) in [5.41, 5.74) is 2.64. The van der Waals surface area contributed by atoms with E-state index in [1.54, 1.807) is 28.0 Å². The molecule has 0 aliphatic heterocycles. The molecule has 7 heteroatoms. The zero-order chi connectivity index (χ0) is 19.2. The van der Waals surface area contributed by atoms with Crippen LogP contribution in [0.15, 0.2) is 24.5 Å². The molecule has 4 rings (SSSR count). The van der Waals surface area contributed by atoms with Gasteiger partial charge >= 0.3 is 0 Å². The maximum atomic E-state index is 13.3. The Labute approximate surface area is 161 Å². The van der Waals surface area contributed by atoms with Gasteiger partial charge in [0.2, 0.25) is 5.91 Å². The van der Waals surface area contributed by atoms with E-state index in [0.717, 1.165) is 25.0 Å². The minimum atomic E-state index is -0.335. The monoisotopic (exact) mass is 386 g/mol. The molecule has 1 atom stereocenters. The van der Waals surface area contributed by atoms with Crippen LogP contribution in [-0.2, 0) is 24.1 Å². The van der Waals surface area contributed by atoms with Crippen molar-refractivity contribution < 1.29 is 9.18 Å². The Morgan fingerprint density at radius 2 is 2.15 bits per heavy atom. The molecule has 0 bridgehead atoms. The molecule has 3 heterocycles. The summed E-state index contributed by atoms with van der Waals surface area (Å²) in [6, 6.07) is 2.95. The lowest BCUT2D eigenvalue weighted by atomic mass is 9.73. The number of rotatable bonds is 3. The van der Waals surface area contributed by atoms with E-state index >= 15 is 0 Å². The Hall–Kier alpha value is -2.28. The van der Waals surface area contributed by atoms with Crippen molar-refractivity contribution in [3.63, 3.8) is 0 Å². The summed E-state index contributed by atoms with van der Waals surface area (Å²) in [7, 11) is 0. The number of amides is 1. The fraction of sp³-hybridized carbons (Fsp3) is 0.450. The average molecular weight is 386 g/mol. The van der Waals surface area contributed by atoms with Crippen LogP contribution in [0, 0.1) is 17.2 Å². The van der Waals surface area contributed by atoms with Crippen molar-refractivity contribution in [2.45, 2.75) is 46.5 Å². The molecular weight excluding hydrogens is 363 g/mol. The predicted molar refractivity (Wildman–Crippen MR) is 105 cm³/mol. The standard InChI is InChI=1S/C20H23FN4OS/c1-20(2,3)12-4-6-15-16(8-12)27-19(23-15)24-18(26)9-14-11-25-10-13(21)5-7-17(25)22-14/h5,7,10-12H,4,6,8-9H2,1-3H3,(H,23,24,26). The lowest BCUT2D eigenvalue weighted by molar-refractivity contribution is -0.115. The van der Waals surface area contributed by atoms with Gasteiger partial charge < -0.3 is 9.72 Å². The Kier molecular flexibility index (Phi) is 4.50. The number of aryl methyl sites for hydroxylation is 1. The van der Waals surface area contributed by atoms with Crippen LogP contribution in [0.2, 0.25) is 0 Å². The van der Waals surface area contributed by atoms with Crippen molar-refractivity contribution >= 4 is 28.0 Å². The number of carbonyl (C=O) groups excluding carboxylic acids is 1.